The highest BCUT2D eigenvalue weighted by atomic mass is 35.5. The van der Waals surface area contributed by atoms with Crippen LogP contribution in [0, 0.1) is 17.8 Å². The quantitative estimate of drug-likeness (QED) is 0.381. The Labute approximate surface area is 200 Å². The van der Waals surface area contributed by atoms with Crippen LogP contribution < -0.4 is 10.2 Å². The maximum absolute atomic E-state index is 12.9. The zero-order chi connectivity index (χ0) is 23.7. The summed E-state index contributed by atoms with van der Waals surface area (Å²) < 4.78 is 5.05. The summed E-state index contributed by atoms with van der Waals surface area (Å²) in [6.45, 7) is 1.40. The first-order valence-electron chi connectivity index (χ1n) is 10.3. The van der Waals surface area contributed by atoms with E-state index in [1.807, 2.05) is 19.1 Å². The fraction of sp³-hybridized carbons (Fsp3) is 0.250. The van der Waals surface area contributed by atoms with E-state index in [9.17, 15) is 19.2 Å². The second-order valence-corrected chi connectivity index (χ2v) is 8.81. The lowest BCUT2D eigenvalue weighted by atomic mass is 9.78. The van der Waals surface area contributed by atoms with Crippen molar-refractivity contribution in [2.24, 2.45) is 17.8 Å². The van der Waals surface area contributed by atoms with Crippen LogP contribution in [0.2, 0.25) is 10.0 Å². The third kappa shape index (κ3) is 4.65. The molecule has 2 aromatic carbocycles. The summed E-state index contributed by atoms with van der Waals surface area (Å²) in [5.41, 5.74) is 0.884. The van der Waals surface area contributed by atoms with E-state index in [1.165, 1.54) is 41.3 Å². The zero-order valence-corrected chi connectivity index (χ0v) is 19.1. The van der Waals surface area contributed by atoms with E-state index in [1.54, 1.807) is 6.07 Å². The van der Waals surface area contributed by atoms with Crippen molar-refractivity contribution in [1.82, 2.24) is 0 Å². The van der Waals surface area contributed by atoms with Crippen molar-refractivity contribution < 1.29 is 23.9 Å². The molecule has 1 N–H and O–H groups in total. The van der Waals surface area contributed by atoms with Gasteiger partial charge in [0.05, 0.1) is 33.8 Å². The molecule has 0 radical (unpaired) electrons. The molecule has 2 aromatic rings. The van der Waals surface area contributed by atoms with Crippen LogP contribution in [0.5, 0.6) is 0 Å². The number of esters is 1. The molecule has 1 fully saturated rings. The van der Waals surface area contributed by atoms with Gasteiger partial charge in [0.25, 0.3) is 5.91 Å². The number of hydrogen-bond donors (Lipinski definition) is 1. The number of benzene rings is 2. The van der Waals surface area contributed by atoms with E-state index < -0.39 is 18.5 Å². The molecule has 1 aliphatic heterocycles. The van der Waals surface area contributed by atoms with Crippen LogP contribution in [0.3, 0.4) is 0 Å². The standard InChI is InChI=1S/C24H20Cl2N2O5/c1-13-3-2-4-17-21(13)23(31)28(22(17)30)16-8-5-14(6-9-16)24(32)33-12-20(29)27-19-11-15(25)7-10-18(19)26/h2-3,5-11,13,17,21H,4,12H2,1H3,(H,27,29)/t13-,17-,21+/m1/s1. The molecule has 1 aliphatic carbocycles. The minimum atomic E-state index is -0.723. The molecular formula is C24H20Cl2N2O5. The summed E-state index contributed by atoms with van der Waals surface area (Å²) in [7, 11) is 0. The Kier molecular flexibility index (Phi) is 6.54. The van der Waals surface area contributed by atoms with Gasteiger partial charge in [-0.15, -0.1) is 0 Å². The highest BCUT2D eigenvalue weighted by molar-refractivity contribution is 6.35. The van der Waals surface area contributed by atoms with Gasteiger partial charge in [0.2, 0.25) is 11.8 Å². The summed E-state index contributed by atoms with van der Waals surface area (Å²) in [5.74, 6) is -2.48. The number of anilines is 2. The fourth-order valence-corrected chi connectivity index (χ4v) is 4.48. The Morgan fingerprint density at radius 3 is 2.52 bits per heavy atom. The average Bonchev–Trinajstić information content (AvgIpc) is 3.05. The minimum absolute atomic E-state index is 0.00705. The van der Waals surface area contributed by atoms with Gasteiger partial charge < -0.3 is 10.1 Å². The number of amides is 3. The Balaban J connectivity index is 1.38. The Morgan fingerprint density at radius 1 is 1.09 bits per heavy atom. The van der Waals surface area contributed by atoms with Gasteiger partial charge in [0.1, 0.15) is 0 Å². The van der Waals surface area contributed by atoms with Crippen molar-refractivity contribution >= 4 is 58.3 Å². The van der Waals surface area contributed by atoms with Gasteiger partial charge in [0, 0.05) is 5.02 Å². The van der Waals surface area contributed by atoms with Crippen molar-refractivity contribution in [3.63, 3.8) is 0 Å². The number of rotatable bonds is 5. The van der Waals surface area contributed by atoms with Gasteiger partial charge in [-0.05, 0) is 54.8 Å². The van der Waals surface area contributed by atoms with Crippen LogP contribution in [0.15, 0.2) is 54.6 Å². The lowest BCUT2D eigenvalue weighted by molar-refractivity contribution is -0.123. The Hall–Kier alpha value is -3.16. The predicted octanol–water partition coefficient (Wildman–Crippen LogP) is 4.49. The van der Waals surface area contributed by atoms with Crippen LogP contribution in [0.1, 0.15) is 23.7 Å². The van der Waals surface area contributed by atoms with Gasteiger partial charge in [-0.3, -0.25) is 19.3 Å². The molecule has 2 aliphatic rings. The first kappa shape index (κ1) is 23.0. The topological polar surface area (TPSA) is 92.8 Å². The summed E-state index contributed by atoms with van der Waals surface area (Å²) in [5, 5.41) is 3.21. The van der Waals surface area contributed by atoms with Crippen LogP contribution in [0.25, 0.3) is 0 Å². The molecule has 0 saturated carbocycles. The molecule has 0 unspecified atom stereocenters. The number of nitrogens with one attached hydrogen (secondary N) is 1. The third-order valence-electron chi connectivity index (χ3n) is 5.77. The first-order valence-corrected chi connectivity index (χ1v) is 11.1. The van der Waals surface area contributed by atoms with Crippen molar-refractivity contribution in [2.75, 3.05) is 16.8 Å². The molecule has 170 valence electrons. The Bertz CT molecular complexity index is 1160. The summed E-state index contributed by atoms with van der Waals surface area (Å²) in [6, 6.07) is 10.5. The molecule has 0 aromatic heterocycles. The average molecular weight is 487 g/mol. The lowest BCUT2D eigenvalue weighted by Crippen LogP contribution is -2.31. The largest absolute Gasteiger partial charge is 0.452 e. The molecule has 33 heavy (non-hydrogen) atoms. The molecule has 7 nitrogen and oxygen atoms in total. The normalized spacial score (nSPS) is 21.7. The Morgan fingerprint density at radius 2 is 1.82 bits per heavy atom. The number of imide groups is 1. The summed E-state index contributed by atoms with van der Waals surface area (Å²) in [6.07, 6.45) is 4.45. The van der Waals surface area contributed by atoms with E-state index in [2.05, 4.69) is 5.32 Å². The van der Waals surface area contributed by atoms with Crippen molar-refractivity contribution in [3.05, 3.63) is 70.2 Å². The molecule has 0 spiro atoms. The van der Waals surface area contributed by atoms with Crippen LogP contribution in [0.4, 0.5) is 11.4 Å². The number of fused-ring (bicyclic) bond motifs is 1. The van der Waals surface area contributed by atoms with Crippen LogP contribution in [-0.4, -0.2) is 30.3 Å². The second-order valence-electron chi connectivity index (χ2n) is 7.96. The van der Waals surface area contributed by atoms with Gasteiger partial charge in [0.15, 0.2) is 6.61 Å². The van der Waals surface area contributed by atoms with E-state index in [-0.39, 0.29) is 35.1 Å². The van der Waals surface area contributed by atoms with E-state index in [0.717, 1.165) is 0 Å². The van der Waals surface area contributed by atoms with Crippen molar-refractivity contribution in [3.8, 4) is 0 Å². The molecule has 0 bridgehead atoms. The highest BCUT2D eigenvalue weighted by Crippen LogP contribution is 2.40. The maximum atomic E-state index is 12.9. The zero-order valence-electron chi connectivity index (χ0n) is 17.6. The third-order valence-corrected chi connectivity index (χ3v) is 6.34. The molecule has 1 saturated heterocycles. The monoisotopic (exact) mass is 486 g/mol. The number of carbonyl (C=O) groups excluding carboxylic acids is 4. The van der Waals surface area contributed by atoms with Gasteiger partial charge in [-0.25, -0.2) is 4.79 Å². The minimum Gasteiger partial charge on any atom is -0.452 e. The second kappa shape index (κ2) is 9.37. The molecule has 4 rings (SSSR count). The number of allylic oxidation sites excluding steroid dienone is 2. The van der Waals surface area contributed by atoms with Gasteiger partial charge in [-0.2, -0.15) is 0 Å². The summed E-state index contributed by atoms with van der Waals surface area (Å²) >= 11 is 11.9. The van der Waals surface area contributed by atoms with Crippen LogP contribution >= 0.6 is 23.2 Å². The smallest absolute Gasteiger partial charge is 0.338 e. The predicted molar refractivity (Wildman–Crippen MR) is 124 cm³/mol. The number of nitrogens with zero attached hydrogens (tertiary/aromatic N) is 1. The van der Waals surface area contributed by atoms with E-state index >= 15 is 0 Å². The fourth-order valence-electron chi connectivity index (χ4n) is 4.14. The number of ether oxygens (including phenoxy) is 1. The molecule has 9 heteroatoms. The summed E-state index contributed by atoms with van der Waals surface area (Å²) in [4.78, 5) is 51.3. The van der Waals surface area contributed by atoms with Crippen LogP contribution in [-0.2, 0) is 19.1 Å². The van der Waals surface area contributed by atoms with E-state index in [4.69, 9.17) is 27.9 Å². The SMILES string of the molecule is C[C@@H]1C=CC[C@H]2C(=O)N(c3ccc(C(=O)OCC(=O)Nc4cc(Cl)ccc4Cl)cc3)C(=O)[C@@H]12. The van der Waals surface area contributed by atoms with E-state index in [0.29, 0.717) is 27.8 Å². The number of carbonyl (C=O) groups is 4. The van der Waals surface area contributed by atoms with Gasteiger partial charge >= 0.3 is 5.97 Å². The highest BCUT2D eigenvalue weighted by Gasteiger charge is 2.50. The van der Waals surface area contributed by atoms with Crippen molar-refractivity contribution in [1.29, 1.82) is 0 Å². The molecular weight excluding hydrogens is 467 g/mol. The maximum Gasteiger partial charge on any atom is 0.338 e. The van der Waals surface area contributed by atoms with Gasteiger partial charge in [-0.1, -0.05) is 42.3 Å². The number of hydrogen-bond acceptors (Lipinski definition) is 5. The van der Waals surface area contributed by atoms with Crippen molar-refractivity contribution in [2.45, 2.75) is 13.3 Å². The molecule has 1 heterocycles. The lowest BCUT2D eigenvalue weighted by Gasteiger charge is -2.22. The first-order chi connectivity index (χ1) is 15.8. The number of halogens is 2. The molecule has 3 amide bonds. The molecule has 3 atom stereocenters.